The molecular formula is C30H39N3O6. The van der Waals surface area contributed by atoms with E-state index in [1.165, 1.54) is 11.9 Å². The van der Waals surface area contributed by atoms with Crippen molar-refractivity contribution in [1.82, 2.24) is 15.1 Å². The van der Waals surface area contributed by atoms with Crippen LogP contribution in [-0.2, 0) is 37.1 Å². The van der Waals surface area contributed by atoms with Gasteiger partial charge in [0.1, 0.15) is 19.3 Å². The molecule has 3 rings (SSSR count). The van der Waals surface area contributed by atoms with Crippen molar-refractivity contribution in [2.45, 2.75) is 58.3 Å². The molecule has 0 bridgehead atoms. The Hall–Kier alpha value is -3.72. The molecule has 1 aliphatic rings. The molecule has 0 aromatic heterocycles. The van der Waals surface area contributed by atoms with Gasteiger partial charge in [-0.15, -0.1) is 0 Å². The van der Waals surface area contributed by atoms with E-state index in [2.05, 4.69) is 12.2 Å². The van der Waals surface area contributed by atoms with Crippen LogP contribution < -0.4 is 5.32 Å². The summed E-state index contributed by atoms with van der Waals surface area (Å²) in [6.45, 7) is 3.24. The van der Waals surface area contributed by atoms with Crippen molar-refractivity contribution in [2.24, 2.45) is 5.92 Å². The van der Waals surface area contributed by atoms with Crippen LogP contribution in [0.25, 0.3) is 0 Å². The number of nitrogens with one attached hydrogen (secondary N) is 1. The second-order valence-electron chi connectivity index (χ2n) is 9.73. The second kappa shape index (κ2) is 15.6. The molecule has 1 N–H and O–H groups in total. The molecule has 2 aromatic rings. The van der Waals surface area contributed by atoms with Crippen LogP contribution in [0.1, 0.15) is 50.2 Å². The van der Waals surface area contributed by atoms with E-state index in [0.29, 0.717) is 13.0 Å². The van der Waals surface area contributed by atoms with Gasteiger partial charge in [0, 0.05) is 32.6 Å². The lowest BCUT2D eigenvalue weighted by molar-refractivity contribution is -0.151. The Labute approximate surface area is 230 Å². The van der Waals surface area contributed by atoms with E-state index in [1.807, 2.05) is 60.7 Å². The van der Waals surface area contributed by atoms with Crippen LogP contribution in [0.5, 0.6) is 0 Å². The van der Waals surface area contributed by atoms with Crippen LogP contribution in [0.2, 0.25) is 0 Å². The summed E-state index contributed by atoms with van der Waals surface area (Å²) in [6.07, 6.45) is 2.98. The molecule has 0 radical (unpaired) electrons. The monoisotopic (exact) mass is 537 g/mol. The highest BCUT2D eigenvalue weighted by Gasteiger charge is 2.38. The third kappa shape index (κ3) is 9.21. The Morgan fingerprint density at radius 2 is 1.56 bits per heavy atom. The fourth-order valence-electron chi connectivity index (χ4n) is 4.48. The number of urea groups is 1. The number of esters is 2. The highest BCUT2D eigenvalue weighted by molar-refractivity contribution is 5.98. The van der Waals surface area contributed by atoms with Gasteiger partial charge in [-0.3, -0.25) is 14.5 Å². The summed E-state index contributed by atoms with van der Waals surface area (Å²) in [5.74, 6) is -2.17. The minimum Gasteiger partial charge on any atom is -0.461 e. The lowest BCUT2D eigenvalue weighted by Crippen LogP contribution is -2.60. The number of carbonyl (C=O) groups is 4. The third-order valence-electron chi connectivity index (χ3n) is 6.76. The van der Waals surface area contributed by atoms with Crippen LogP contribution in [0.4, 0.5) is 4.79 Å². The van der Waals surface area contributed by atoms with Crippen LogP contribution in [0, 0.1) is 5.92 Å². The molecule has 1 aliphatic heterocycles. The molecule has 2 aromatic carbocycles. The van der Waals surface area contributed by atoms with Crippen molar-refractivity contribution in [3.63, 3.8) is 0 Å². The van der Waals surface area contributed by atoms with Gasteiger partial charge in [-0.2, -0.15) is 0 Å². The smallest absolute Gasteiger partial charge is 0.330 e. The van der Waals surface area contributed by atoms with E-state index in [4.69, 9.17) is 9.47 Å². The Kier molecular flexibility index (Phi) is 12.0. The number of nitrogens with zero attached hydrogens (tertiary/aromatic N) is 2. The first kappa shape index (κ1) is 29.8. The highest BCUT2D eigenvalue weighted by Crippen LogP contribution is 2.20. The predicted molar refractivity (Wildman–Crippen MR) is 146 cm³/mol. The number of hydrogen-bond acceptors (Lipinski definition) is 7. The van der Waals surface area contributed by atoms with Gasteiger partial charge < -0.3 is 19.7 Å². The number of unbranched alkanes of at least 4 members (excludes halogenated alkanes) is 2. The van der Waals surface area contributed by atoms with Gasteiger partial charge >= 0.3 is 18.0 Å². The zero-order valence-corrected chi connectivity index (χ0v) is 22.8. The summed E-state index contributed by atoms with van der Waals surface area (Å²) in [7, 11) is 1.40. The number of amides is 3. The first-order valence-corrected chi connectivity index (χ1v) is 13.6. The number of rotatable bonds is 12. The molecule has 3 amide bonds. The Morgan fingerprint density at radius 3 is 2.18 bits per heavy atom. The van der Waals surface area contributed by atoms with E-state index < -0.39 is 35.8 Å². The van der Waals surface area contributed by atoms with Crippen molar-refractivity contribution in [2.75, 3.05) is 26.7 Å². The molecule has 9 nitrogen and oxygen atoms in total. The van der Waals surface area contributed by atoms with Crippen LogP contribution >= 0.6 is 0 Å². The number of benzene rings is 2. The highest BCUT2D eigenvalue weighted by atomic mass is 16.5. The Morgan fingerprint density at radius 1 is 0.949 bits per heavy atom. The van der Waals surface area contributed by atoms with E-state index in [9.17, 15) is 19.2 Å². The summed E-state index contributed by atoms with van der Waals surface area (Å²) >= 11 is 0. The summed E-state index contributed by atoms with van der Waals surface area (Å²) < 4.78 is 10.9. The zero-order chi connectivity index (χ0) is 28.0. The Balaban J connectivity index is 1.62. The molecule has 0 aliphatic carbocycles. The van der Waals surface area contributed by atoms with Crippen LogP contribution in [0.3, 0.4) is 0 Å². The molecule has 9 heteroatoms. The van der Waals surface area contributed by atoms with Gasteiger partial charge in [0.25, 0.3) is 0 Å². The fourth-order valence-corrected chi connectivity index (χ4v) is 4.48. The SMILES string of the molecule is CCCCC[C@H](CC(=O)OCc1ccccc1)C(=O)N(C)C(=O)N1CCNC[C@H]1C(=O)OCc1ccccc1. The minimum atomic E-state index is -0.861. The number of ether oxygens (including phenoxy) is 2. The maximum absolute atomic E-state index is 13.5. The molecule has 1 fully saturated rings. The molecular weight excluding hydrogens is 498 g/mol. The van der Waals surface area contributed by atoms with Crippen molar-refractivity contribution >= 4 is 23.9 Å². The van der Waals surface area contributed by atoms with Gasteiger partial charge in [-0.1, -0.05) is 86.8 Å². The number of imide groups is 1. The Bertz CT molecular complexity index is 1080. The van der Waals surface area contributed by atoms with Gasteiger partial charge in [0.15, 0.2) is 0 Å². The topological polar surface area (TPSA) is 105 Å². The summed E-state index contributed by atoms with van der Waals surface area (Å²) in [5, 5.41) is 3.12. The largest absolute Gasteiger partial charge is 0.461 e. The van der Waals surface area contributed by atoms with E-state index in [0.717, 1.165) is 35.3 Å². The van der Waals surface area contributed by atoms with Gasteiger partial charge in [-0.25, -0.2) is 9.59 Å². The molecule has 0 unspecified atom stereocenters. The standard InChI is InChI=1S/C30H39N3O6/c1-3-4-7-16-25(19-27(34)38-21-23-12-8-5-9-13-23)28(35)32(2)30(37)33-18-17-31-20-26(33)29(36)39-22-24-14-10-6-11-15-24/h5-6,8-15,25-26,31H,3-4,7,16-22H2,1-2H3/t25-,26+/m1/s1. The number of hydrogen-bond donors (Lipinski definition) is 1. The van der Waals surface area contributed by atoms with Crippen molar-refractivity contribution in [3.05, 3.63) is 71.8 Å². The lowest BCUT2D eigenvalue weighted by atomic mass is 9.96. The third-order valence-corrected chi connectivity index (χ3v) is 6.76. The number of carbonyl (C=O) groups excluding carboxylic acids is 4. The van der Waals surface area contributed by atoms with Gasteiger partial charge in [-0.05, 0) is 17.5 Å². The molecule has 210 valence electrons. The molecule has 1 heterocycles. The van der Waals surface area contributed by atoms with E-state index >= 15 is 0 Å². The summed E-state index contributed by atoms with van der Waals surface area (Å²) in [4.78, 5) is 54.8. The normalized spacial score (nSPS) is 15.7. The van der Waals surface area contributed by atoms with Crippen LogP contribution in [-0.4, -0.2) is 66.4 Å². The first-order valence-electron chi connectivity index (χ1n) is 13.6. The van der Waals surface area contributed by atoms with Gasteiger partial charge in [0.05, 0.1) is 6.42 Å². The summed E-state index contributed by atoms with van der Waals surface area (Å²) in [6, 6.07) is 17.2. The quantitative estimate of drug-likeness (QED) is 0.323. The van der Waals surface area contributed by atoms with E-state index in [1.54, 1.807) is 0 Å². The molecule has 39 heavy (non-hydrogen) atoms. The molecule has 2 atom stereocenters. The first-order chi connectivity index (χ1) is 18.9. The molecule has 1 saturated heterocycles. The number of piperazine rings is 1. The van der Waals surface area contributed by atoms with E-state index in [-0.39, 0.29) is 32.7 Å². The summed E-state index contributed by atoms with van der Waals surface area (Å²) in [5.41, 5.74) is 1.70. The lowest BCUT2D eigenvalue weighted by Gasteiger charge is -2.37. The zero-order valence-electron chi connectivity index (χ0n) is 22.8. The molecule has 0 saturated carbocycles. The van der Waals surface area contributed by atoms with Gasteiger partial charge in [0.2, 0.25) is 5.91 Å². The second-order valence-corrected chi connectivity index (χ2v) is 9.73. The van der Waals surface area contributed by atoms with Crippen molar-refractivity contribution in [3.8, 4) is 0 Å². The van der Waals surface area contributed by atoms with Crippen LogP contribution in [0.15, 0.2) is 60.7 Å². The minimum absolute atomic E-state index is 0.0948. The fraction of sp³-hybridized carbons (Fsp3) is 0.467. The maximum Gasteiger partial charge on any atom is 0.330 e. The molecule has 0 spiro atoms. The predicted octanol–water partition coefficient (Wildman–Crippen LogP) is 3.91. The maximum atomic E-state index is 13.5. The van der Waals surface area contributed by atoms with Crippen molar-refractivity contribution < 1.29 is 28.7 Å². The average molecular weight is 538 g/mol. The van der Waals surface area contributed by atoms with Crippen molar-refractivity contribution in [1.29, 1.82) is 0 Å². The average Bonchev–Trinajstić information content (AvgIpc) is 2.98.